The van der Waals surface area contributed by atoms with Crippen LogP contribution in [0.5, 0.6) is 5.75 Å². The molecule has 20 heavy (non-hydrogen) atoms. The van der Waals surface area contributed by atoms with Crippen LogP contribution in [-0.4, -0.2) is 30.5 Å². The zero-order valence-corrected chi connectivity index (χ0v) is 11.6. The van der Waals surface area contributed by atoms with Crippen molar-refractivity contribution in [2.75, 3.05) is 13.7 Å². The fourth-order valence-corrected chi connectivity index (χ4v) is 2.49. The van der Waals surface area contributed by atoms with Crippen LogP contribution in [0.3, 0.4) is 0 Å². The first-order valence-corrected chi connectivity index (χ1v) is 6.91. The van der Waals surface area contributed by atoms with Crippen LogP contribution in [-0.2, 0) is 4.79 Å². The number of hydrogen-bond donors (Lipinski definition) is 0. The monoisotopic (exact) mass is 283 g/mol. The molecule has 0 aliphatic heterocycles. The fourth-order valence-electron chi connectivity index (χ4n) is 2.49. The van der Waals surface area contributed by atoms with Gasteiger partial charge in [0.2, 0.25) is 0 Å². The van der Waals surface area contributed by atoms with E-state index >= 15 is 0 Å². The molecule has 1 saturated carbocycles. The second-order valence-electron chi connectivity index (χ2n) is 5.16. The summed E-state index contributed by atoms with van der Waals surface area (Å²) in [6.07, 6.45) is 5.56. The molecule has 5 heteroatoms. The van der Waals surface area contributed by atoms with Crippen molar-refractivity contribution < 1.29 is 18.3 Å². The number of carbonyl (C=O) groups is 1. The van der Waals surface area contributed by atoms with E-state index in [0.29, 0.717) is 0 Å². The average molecular weight is 283 g/mol. The van der Waals surface area contributed by atoms with E-state index in [1.165, 1.54) is 12.5 Å². The lowest BCUT2D eigenvalue weighted by atomic mass is 9.94. The van der Waals surface area contributed by atoms with Crippen molar-refractivity contribution >= 4 is 5.91 Å². The van der Waals surface area contributed by atoms with Crippen molar-refractivity contribution in [3.8, 4) is 5.75 Å². The van der Waals surface area contributed by atoms with Crippen LogP contribution in [0.25, 0.3) is 0 Å². The second-order valence-corrected chi connectivity index (χ2v) is 5.16. The highest BCUT2D eigenvalue weighted by Gasteiger charge is 2.22. The van der Waals surface area contributed by atoms with Gasteiger partial charge >= 0.3 is 0 Å². The number of ether oxygens (including phenoxy) is 1. The third-order valence-electron chi connectivity index (χ3n) is 3.77. The lowest BCUT2D eigenvalue weighted by molar-refractivity contribution is -0.134. The number of carbonyl (C=O) groups excluding carboxylic acids is 1. The molecule has 0 radical (unpaired) electrons. The summed E-state index contributed by atoms with van der Waals surface area (Å²) in [5.74, 6) is -1.88. The Morgan fingerprint density at radius 1 is 1.25 bits per heavy atom. The lowest BCUT2D eigenvalue weighted by Gasteiger charge is -2.31. The third kappa shape index (κ3) is 3.68. The highest BCUT2D eigenvalue weighted by atomic mass is 19.2. The van der Waals surface area contributed by atoms with Gasteiger partial charge in [-0.15, -0.1) is 0 Å². The minimum atomic E-state index is -0.976. The van der Waals surface area contributed by atoms with Gasteiger partial charge in [-0.25, -0.2) is 8.78 Å². The number of likely N-dealkylation sites (N-methyl/N-ethyl adjacent to an activating group) is 1. The van der Waals surface area contributed by atoms with E-state index in [0.717, 1.165) is 37.8 Å². The quantitative estimate of drug-likeness (QED) is 0.849. The predicted molar refractivity (Wildman–Crippen MR) is 71.5 cm³/mol. The van der Waals surface area contributed by atoms with Crippen molar-refractivity contribution in [2.24, 2.45) is 0 Å². The van der Waals surface area contributed by atoms with E-state index in [2.05, 4.69) is 0 Å². The van der Waals surface area contributed by atoms with Crippen LogP contribution >= 0.6 is 0 Å². The van der Waals surface area contributed by atoms with Gasteiger partial charge in [-0.2, -0.15) is 0 Å². The van der Waals surface area contributed by atoms with Crippen LogP contribution in [0.15, 0.2) is 18.2 Å². The van der Waals surface area contributed by atoms with Crippen LogP contribution in [0, 0.1) is 11.6 Å². The molecule has 110 valence electrons. The molecule has 1 amide bonds. The molecule has 1 aliphatic carbocycles. The summed E-state index contributed by atoms with van der Waals surface area (Å²) < 4.78 is 31.0. The summed E-state index contributed by atoms with van der Waals surface area (Å²) in [4.78, 5) is 13.7. The maximum absolute atomic E-state index is 13.0. The van der Waals surface area contributed by atoms with Gasteiger partial charge in [-0.05, 0) is 25.0 Å². The molecule has 0 heterocycles. The summed E-state index contributed by atoms with van der Waals surface area (Å²) in [5.41, 5.74) is 0. The number of nitrogens with zero attached hydrogens (tertiary/aromatic N) is 1. The fraction of sp³-hybridized carbons (Fsp3) is 0.533. The lowest BCUT2D eigenvalue weighted by Crippen LogP contribution is -2.40. The predicted octanol–water partition coefficient (Wildman–Crippen LogP) is 3.13. The largest absolute Gasteiger partial charge is 0.484 e. The van der Waals surface area contributed by atoms with E-state index < -0.39 is 11.6 Å². The molecule has 0 atom stereocenters. The Labute approximate surface area is 117 Å². The molecule has 0 unspecified atom stereocenters. The third-order valence-corrected chi connectivity index (χ3v) is 3.77. The Hall–Kier alpha value is -1.65. The van der Waals surface area contributed by atoms with E-state index in [-0.39, 0.29) is 24.3 Å². The smallest absolute Gasteiger partial charge is 0.260 e. The first kappa shape index (κ1) is 14.8. The van der Waals surface area contributed by atoms with Gasteiger partial charge < -0.3 is 9.64 Å². The van der Waals surface area contributed by atoms with Gasteiger partial charge in [-0.3, -0.25) is 4.79 Å². The molecule has 0 aromatic heterocycles. The maximum Gasteiger partial charge on any atom is 0.260 e. The zero-order chi connectivity index (χ0) is 14.5. The van der Waals surface area contributed by atoms with Crippen molar-refractivity contribution in [3.63, 3.8) is 0 Å². The van der Waals surface area contributed by atoms with Crippen LogP contribution in [0.4, 0.5) is 8.78 Å². The number of rotatable bonds is 4. The molecule has 0 bridgehead atoms. The molecule has 1 aromatic carbocycles. The van der Waals surface area contributed by atoms with Gasteiger partial charge in [0.1, 0.15) is 5.75 Å². The Bertz CT molecular complexity index is 473. The topological polar surface area (TPSA) is 29.5 Å². The number of amides is 1. The number of hydrogen-bond acceptors (Lipinski definition) is 2. The molecular weight excluding hydrogens is 264 g/mol. The Balaban J connectivity index is 1.86. The van der Waals surface area contributed by atoms with Gasteiger partial charge in [0, 0.05) is 19.2 Å². The Morgan fingerprint density at radius 2 is 1.95 bits per heavy atom. The highest BCUT2D eigenvalue weighted by Crippen LogP contribution is 2.22. The van der Waals surface area contributed by atoms with Crippen LogP contribution < -0.4 is 4.74 Å². The molecule has 3 nitrogen and oxygen atoms in total. The normalized spacial score (nSPS) is 15.9. The van der Waals surface area contributed by atoms with E-state index in [9.17, 15) is 13.6 Å². The number of benzene rings is 1. The van der Waals surface area contributed by atoms with Gasteiger partial charge in [0.05, 0.1) is 0 Å². The SMILES string of the molecule is CN(C(=O)COc1ccc(F)c(F)c1)C1CCCCC1. The minimum Gasteiger partial charge on any atom is -0.484 e. The standard InChI is InChI=1S/C15H19F2NO2/c1-18(11-5-3-2-4-6-11)15(19)10-20-12-7-8-13(16)14(17)9-12/h7-9,11H,2-6,10H2,1H3. The van der Waals surface area contributed by atoms with Crippen molar-refractivity contribution in [1.29, 1.82) is 0 Å². The molecular formula is C15H19F2NO2. The summed E-state index contributed by atoms with van der Waals surface area (Å²) in [7, 11) is 1.77. The molecule has 0 spiro atoms. The van der Waals surface area contributed by atoms with Crippen LogP contribution in [0.2, 0.25) is 0 Å². The summed E-state index contributed by atoms with van der Waals surface area (Å²) >= 11 is 0. The molecule has 0 saturated heterocycles. The summed E-state index contributed by atoms with van der Waals surface area (Å²) in [5, 5.41) is 0. The van der Waals surface area contributed by atoms with E-state index in [1.807, 2.05) is 0 Å². The van der Waals surface area contributed by atoms with E-state index in [4.69, 9.17) is 4.74 Å². The summed E-state index contributed by atoms with van der Waals surface area (Å²) in [6.45, 7) is -0.155. The number of halogens is 2. The van der Waals surface area contributed by atoms with Crippen molar-refractivity contribution in [1.82, 2.24) is 4.90 Å². The molecule has 1 fully saturated rings. The van der Waals surface area contributed by atoms with Crippen molar-refractivity contribution in [2.45, 2.75) is 38.1 Å². The second kappa shape index (κ2) is 6.68. The average Bonchev–Trinajstić information content (AvgIpc) is 2.48. The highest BCUT2D eigenvalue weighted by molar-refractivity contribution is 5.77. The first-order valence-electron chi connectivity index (χ1n) is 6.91. The molecule has 1 aliphatic rings. The Morgan fingerprint density at radius 3 is 2.60 bits per heavy atom. The Kier molecular flexibility index (Phi) is 4.93. The van der Waals surface area contributed by atoms with E-state index in [1.54, 1.807) is 11.9 Å². The van der Waals surface area contributed by atoms with Gasteiger partial charge in [0.15, 0.2) is 18.2 Å². The maximum atomic E-state index is 13.0. The minimum absolute atomic E-state index is 0.137. The molecule has 2 rings (SSSR count). The van der Waals surface area contributed by atoms with Crippen LogP contribution in [0.1, 0.15) is 32.1 Å². The first-order chi connectivity index (χ1) is 9.58. The zero-order valence-electron chi connectivity index (χ0n) is 11.6. The van der Waals surface area contributed by atoms with Crippen molar-refractivity contribution in [3.05, 3.63) is 29.8 Å². The summed E-state index contributed by atoms with van der Waals surface area (Å²) in [6, 6.07) is 3.51. The molecule has 0 N–H and O–H groups in total. The van der Waals surface area contributed by atoms with Gasteiger partial charge in [0.25, 0.3) is 5.91 Å². The van der Waals surface area contributed by atoms with Gasteiger partial charge in [-0.1, -0.05) is 19.3 Å². The molecule has 1 aromatic rings.